The van der Waals surface area contributed by atoms with E-state index in [2.05, 4.69) is 20.6 Å². The average molecular weight is 247 g/mol. The fourth-order valence-electron chi connectivity index (χ4n) is 1.61. The summed E-state index contributed by atoms with van der Waals surface area (Å²) < 4.78 is 0. The van der Waals surface area contributed by atoms with Crippen molar-refractivity contribution in [2.75, 3.05) is 18.4 Å². The number of hydrogen-bond acceptors (Lipinski definition) is 4. The van der Waals surface area contributed by atoms with Gasteiger partial charge in [0.2, 0.25) is 5.95 Å². The summed E-state index contributed by atoms with van der Waals surface area (Å²) in [6.07, 6.45) is 2.27. The van der Waals surface area contributed by atoms with E-state index in [-0.39, 0.29) is 0 Å². The molecule has 2 rings (SSSR count). The van der Waals surface area contributed by atoms with Gasteiger partial charge >= 0.3 is 0 Å². The van der Waals surface area contributed by atoms with Crippen LogP contribution in [0.4, 0.5) is 5.95 Å². The molecule has 0 bridgehead atoms. The summed E-state index contributed by atoms with van der Waals surface area (Å²) >= 11 is 11.6. The number of anilines is 1. The van der Waals surface area contributed by atoms with Gasteiger partial charge in [0.15, 0.2) is 0 Å². The Bertz CT molecular complexity index is 319. The molecule has 1 atom stereocenters. The lowest BCUT2D eigenvalue weighted by molar-refractivity contribution is 0.478. The van der Waals surface area contributed by atoms with Crippen LogP contribution in [-0.4, -0.2) is 29.1 Å². The second-order valence-corrected chi connectivity index (χ2v) is 4.30. The first-order valence-corrected chi connectivity index (χ1v) is 5.67. The van der Waals surface area contributed by atoms with Crippen molar-refractivity contribution < 1.29 is 0 Å². The van der Waals surface area contributed by atoms with Gasteiger partial charge in [0.25, 0.3) is 0 Å². The van der Waals surface area contributed by atoms with Gasteiger partial charge in [-0.3, -0.25) is 0 Å². The molecular weight excluding hydrogens is 235 g/mol. The molecule has 2 N–H and O–H groups in total. The normalized spacial score (nSPS) is 21.3. The van der Waals surface area contributed by atoms with Crippen LogP contribution in [0, 0.1) is 0 Å². The van der Waals surface area contributed by atoms with Gasteiger partial charge in [-0.05, 0) is 19.4 Å². The Labute approximate surface area is 98.4 Å². The van der Waals surface area contributed by atoms with Gasteiger partial charge in [0.1, 0.15) is 10.3 Å². The Balaban J connectivity index is 2.02. The van der Waals surface area contributed by atoms with E-state index in [1.807, 2.05) is 0 Å². The minimum Gasteiger partial charge on any atom is -0.350 e. The van der Waals surface area contributed by atoms with E-state index in [1.165, 1.54) is 6.07 Å². The van der Waals surface area contributed by atoms with Crippen molar-refractivity contribution in [3.05, 3.63) is 16.4 Å². The van der Waals surface area contributed by atoms with Gasteiger partial charge in [0.05, 0.1) is 0 Å². The molecule has 0 unspecified atom stereocenters. The monoisotopic (exact) mass is 246 g/mol. The molecule has 6 heteroatoms. The first-order chi connectivity index (χ1) is 7.24. The fraction of sp³-hybridized carbons (Fsp3) is 0.556. The predicted octanol–water partition coefficient (Wildman–Crippen LogP) is 1.95. The standard InChI is InChI=1S/C9H12Cl2N4/c10-7-4-8(11)15-9(14-7)13-6-2-1-3-12-5-6/h4,6,12H,1-3,5H2,(H,13,14,15)/t6-/m0/s1. The van der Waals surface area contributed by atoms with Crippen molar-refractivity contribution in [3.8, 4) is 0 Å². The van der Waals surface area contributed by atoms with E-state index in [0.29, 0.717) is 22.3 Å². The molecule has 0 radical (unpaired) electrons. The maximum atomic E-state index is 5.78. The van der Waals surface area contributed by atoms with Gasteiger partial charge in [0, 0.05) is 18.7 Å². The predicted molar refractivity (Wildman–Crippen MR) is 61.6 cm³/mol. The van der Waals surface area contributed by atoms with Crippen LogP contribution in [0.15, 0.2) is 6.07 Å². The number of halogens is 2. The van der Waals surface area contributed by atoms with Crippen LogP contribution in [0.3, 0.4) is 0 Å². The highest BCUT2D eigenvalue weighted by Gasteiger charge is 2.13. The lowest BCUT2D eigenvalue weighted by Gasteiger charge is -2.23. The molecule has 82 valence electrons. The molecule has 2 heterocycles. The lowest BCUT2D eigenvalue weighted by atomic mass is 10.1. The van der Waals surface area contributed by atoms with Crippen LogP contribution in [-0.2, 0) is 0 Å². The molecule has 1 fully saturated rings. The molecule has 0 spiro atoms. The van der Waals surface area contributed by atoms with Gasteiger partial charge in [-0.1, -0.05) is 23.2 Å². The third-order valence-electron chi connectivity index (χ3n) is 2.29. The Morgan fingerprint density at radius 3 is 2.67 bits per heavy atom. The Hall–Kier alpha value is -0.580. The number of hydrogen-bond donors (Lipinski definition) is 2. The van der Waals surface area contributed by atoms with Crippen LogP contribution in [0.1, 0.15) is 12.8 Å². The molecule has 1 aromatic heterocycles. The van der Waals surface area contributed by atoms with E-state index >= 15 is 0 Å². The van der Waals surface area contributed by atoms with E-state index in [4.69, 9.17) is 23.2 Å². The third kappa shape index (κ3) is 3.19. The minimum absolute atomic E-state index is 0.355. The average Bonchev–Trinajstić information content (AvgIpc) is 2.17. The molecule has 0 amide bonds. The zero-order valence-corrected chi connectivity index (χ0v) is 9.65. The van der Waals surface area contributed by atoms with Gasteiger partial charge in [-0.15, -0.1) is 0 Å². The second-order valence-electron chi connectivity index (χ2n) is 3.52. The number of nitrogens with zero attached hydrogens (tertiary/aromatic N) is 2. The summed E-state index contributed by atoms with van der Waals surface area (Å²) in [5, 5.41) is 7.23. The summed E-state index contributed by atoms with van der Waals surface area (Å²) in [5.74, 6) is 0.501. The lowest BCUT2D eigenvalue weighted by Crippen LogP contribution is -2.38. The molecule has 4 nitrogen and oxygen atoms in total. The number of piperidine rings is 1. The molecule has 0 aromatic carbocycles. The second kappa shape index (κ2) is 4.96. The molecule has 0 saturated carbocycles. The van der Waals surface area contributed by atoms with Crippen LogP contribution in [0.2, 0.25) is 10.3 Å². The summed E-state index contributed by atoms with van der Waals surface area (Å²) in [4.78, 5) is 8.12. The zero-order chi connectivity index (χ0) is 10.7. The number of aromatic nitrogens is 2. The molecule has 0 aliphatic carbocycles. The summed E-state index contributed by atoms with van der Waals surface area (Å²) in [6, 6.07) is 1.88. The van der Waals surface area contributed by atoms with Crippen LogP contribution in [0.25, 0.3) is 0 Å². The smallest absolute Gasteiger partial charge is 0.225 e. The highest BCUT2D eigenvalue weighted by atomic mass is 35.5. The maximum absolute atomic E-state index is 5.78. The Morgan fingerprint density at radius 2 is 2.07 bits per heavy atom. The van der Waals surface area contributed by atoms with Crippen LogP contribution < -0.4 is 10.6 Å². The number of rotatable bonds is 2. The molecule has 1 aromatic rings. The van der Waals surface area contributed by atoms with Crippen molar-refractivity contribution in [2.45, 2.75) is 18.9 Å². The maximum Gasteiger partial charge on any atom is 0.225 e. The molecular formula is C9H12Cl2N4. The highest BCUT2D eigenvalue weighted by molar-refractivity contribution is 6.33. The third-order valence-corrected chi connectivity index (χ3v) is 2.68. The van der Waals surface area contributed by atoms with Gasteiger partial charge in [-0.2, -0.15) is 0 Å². The minimum atomic E-state index is 0.355. The van der Waals surface area contributed by atoms with Crippen molar-refractivity contribution in [2.24, 2.45) is 0 Å². The van der Waals surface area contributed by atoms with Crippen molar-refractivity contribution >= 4 is 29.2 Å². The zero-order valence-electron chi connectivity index (χ0n) is 8.13. The Morgan fingerprint density at radius 1 is 1.33 bits per heavy atom. The fourth-order valence-corrected chi connectivity index (χ4v) is 2.03. The van der Waals surface area contributed by atoms with E-state index in [1.54, 1.807) is 0 Å². The summed E-state index contributed by atoms with van der Waals surface area (Å²) in [6.45, 7) is 2.00. The largest absolute Gasteiger partial charge is 0.350 e. The molecule has 1 aliphatic heterocycles. The van der Waals surface area contributed by atoms with Crippen molar-refractivity contribution in [1.82, 2.24) is 15.3 Å². The first-order valence-electron chi connectivity index (χ1n) is 4.91. The molecule has 1 aliphatic rings. The number of nitrogens with one attached hydrogen (secondary N) is 2. The molecule has 15 heavy (non-hydrogen) atoms. The van der Waals surface area contributed by atoms with Crippen molar-refractivity contribution in [3.63, 3.8) is 0 Å². The Kier molecular flexibility index (Phi) is 3.61. The highest BCUT2D eigenvalue weighted by Crippen LogP contribution is 2.16. The van der Waals surface area contributed by atoms with Crippen molar-refractivity contribution in [1.29, 1.82) is 0 Å². The molecule has 1 saturated heterocycles. The van der Waals surface area contributed by atoms with E-state index < -0.39 is 0 Å². The van der Waals surface area contributed by atoms with E-state index in [0.717, 1.165) is 25.9 Å². The van der Waals surface area contributed by atoms with Crippen LogP contribution >= 0.6 is 23.2 Å². The quantitative estimate of drug-likeness (QED) is 0.784. The summed E-state index contributed by atoms with van der Waals surface area (Å²) in [7, 11) is 0. The SMILES string of the molecule is Clc1cc(Cl)nc(N[C@H]2CCCNC2)n1. The van der Waals surface area contributed by atoms with E-state index in [9.17, 15) is 0 Å². The van der Waals surface area contributed by atoms with Gasteiger partial charge in [-0.25, -0.2) is 9.97 Å². The summed E-state index contributed by atoms with van der Waals surface area (Å²) in [5.41, 5.74) is 0. The van der Waals surface area contributed by atoms with Gasteiger partial charge < -0.3 is 10.6 Å². The topological polar surface area (TPSA) is 49.8 Å². The first kappa shape index (κ1) is 10.9. The van der Waals surface area contributed by atoms with Crippen LogP contribution in [0.5, 0.6) is 0 Å².